The van der Waals surface area contributed by atoms with Crippen molar-refractivity contribution in [3.63, 3.8) is 0 Å². The molecule has 0 aliphatic carbocycles. The fraction of sp³-hybridized carbons (Fsp3) is 0.200. The van der Waals surface area contributed by atoms with Crippen LogP contribution in [0.5, 0.6) is 0 Å². The van der Waals surface area contributed by atoms with Gasteiger partial charge in [-0.2, -0.15) is 0 Å². The third kappa shape index (κ3) is 3.75. The number of hydrogen-bond acceptors (Lipinski definition) is 2. The molecule has 1 heterocycles. The predicted molar refractivity (Wildman–Crippen MR) is 91.8 cm³/mol. The van der Waals surface area contributed by atoms with E-state index in [4.69, 9.17) is 0 Å². The Labute approximate surface area is 136 Å². The molecule has 0 fully saturated rings. The van der Waals surface area contributed by atoms with Gasteiger partial charge >= 0.3 is 0 Å². The Morgan fingerprint density at radius 1 is 1.04 bits per heavy atom. The average Bonchev–Trinajstić information content (AvgIpc) is 3.06. The quantitative estimate of drug-likeness (QED) is 0.636. The summed E-state index contributed by atoms with van der Waals surface area (Å²) in [6.45, 7) is 2.11. The summed E-state index contributed by atoms with van der Waals surface area (Å²) in [6, 6.07) is 20.1. The fourth-order valence-corrected chi connectivity index (χ4v) is 2.80. The Morgan fingerprint density at radius 2 is 1.70 bits per heavy atom. The van der Waals surface area contributed by atoms with E-state index in [1.807, 2.05) is 59.3 Å². The van der Waals surface area contributed by atoms with E-state index in [1.165, 1.54) is 5.56 Å². The first-order valence-electron chi connectivity index (χ1n) is 7.90. The number of benzene rings is 2. The van der Waals surface area contributed by atoms with Gasteiger partial charge in [0.15, 0.2) is 11.6 Å². The maximum absolute atomic E-state index is 12.6. The maximum Gasteiger partial charge on any atom is 0.198 e. The van der Waals surface area contributed by atoms with E-state index in [9.17, 15) is 4.79 Å². The van der Waals surface area contributed by atoms with Gasteiger partial charge < -0.3 is 0 Å². The van der Waals surface area contributed by atoms with Gasteiger partial charge in [-0.1, -0.05) is 55.5 Å². The van der Waals surface area contributed by atoms with Crippen molar-refractivity contribution in [3.8, 4) is 5.69 Å². The Hall–Kier alpha value is -2.68. The van der Waals surface area contributed by atoms with Crippen LogP contribution in [0.1, 0.15) is 29.5 Å². The molecule has 0 radical (unpaired) electrons. The van der Waals surface area contributed by atoms with E-state index >= 15 is 0 Å². The zero-order valence-electron chi connectivity index (χ0n) is 13.2. The van der Waals surface area contributed by atoms with Crippen molar-refractivity contribution in [2.75, 3.05) is 0 Å². The highest BCUT2D eigenvalue weighted by molar-refractivity contribution is 5.93. The van der Waals surface area contributed by atoms with Crippen molar-refractivity contribution >= 4 is 5.78 Å². The molecule has 3 nitrogen and oxygen atoms in total. The largest absolute Gasteiger partial charge is 0.297 e. The highest BCUT2D eigenvalue weighted by Crippen LogP contribution is 2.17. The number of imidazole rings is 1. The van der Waals surface area contributed by atoms with Gasteiger partial charge in [-0.05, 0) is 30.0 Å². The number of para-hydroxylation sites is 1. The molecule has 0 N–H and O–H groups in total. The van der Waals surface area contributed by atoms with E-state index < -0.39 is 0 Å². The van der Waals surface area contributed by atoms with Crippen LogP contribution in [0, 0.1) is 5.92 Å². The van der Waals surface area contributed by atoms with Gasteiger partial charge in [-0.15, -0.1) is 0 Å². The van der Waals surface area contributed by atoms with Gasteiger partial charge in [-0.25, -0.2) is 4.98 Å². The second-order valence-corrected chi connectivity index (χ2v) is 5.88. The Balaban J connectivity index is 1.71. The molecule has 3 heteroatoms. The highest BCUT2D eigenvalue weighted by atomic mass is 16.1. The van der Waals surface area contributed by atoms with Gasteiger partial charge in [0, 0.05) is 24.5 Å². The molecule has 23 heavy (non-hydrogen) atoms. The molecule has 3 aromatic rings. The number of carbonyl (C=O) groups excluding carboxylic acids is 1. The number of aromatic nitrogens is 2. The molecule has 0 bridgehead atoms. The summed E-state index contributed by atoms with van der Waals surface area (Å²) >= 11 is 0. The normalized spacial score (nSPS) is 12.0. The Morgan fingerprint density at radius 3 is 2.39 bits per heavy atom. The van der Waals surface area contributed by atoms with E-state index in [0.717, 1.165) is 12.1 Å². The Bertz CT molecular complexity index is 763. The molecule has 0 saturated heterocycles. The van der Waals surface area contributed by atoms with Gasteiger partial charge in [0.05, 0.1) is 0 Å². The second kappa shape index (κ2) is 7.05. The minimum absolute atomic E-state index is 0.0854. The molecule has 0 saturated carbocycles. The number of carbonyl (C=O) groups is 1. The molecule has 0 aliphatic heterocycles. The minimum atomic E-state index is 0.0854. The van der Waals surface area contributed by atoms with Gasteiger partial charge in [-0.3, -0.25) is 9.36 Å². The molecular weight excluding hydrogens is 284 g/mol. The van der Waals surface area contributed by atoms with Crippen molar-refractivity contribution in [2.45, 2.75) is 19.8 Å². The molecule has 1 atom stereocenters. The number of Topliss-reactive ketones (excluding diaryl/α,β-unsaturated/α-hetero) is 1. The monoisotopic (exact) mass is 304 g/mol. The average molecular weight is 304 g/mol. The van der Waals surface area contributed by atoms with Crippen molar-refractivity contribution in [1.29, 1.82) is 0 Å². The van der Waals surface area contributed by atoms with Crippen LogP contribution in [-0.4, -0.2) is 15.3 Å². The lowest BCUT2D eigenvalue weighted by atomic mass is 9.96. The summed E-state index contributed by atoms with van der Waals surface area (Å²) in [6.07, 6.45) is 4.92. The van der Waals surface area contributed by atoms with E-state index in [1.54, 1.807) is 6.20 Å². The lowest BCUT2D eigenvalue weighted by Crippen LogP contribution is -2.13. The minimum Gasteiger partial charge on any atom is -0.297 e. The van der Waals surface area contributed by atoms with Crippen LogP contribution >= 0.6 is 0 Å². The van der Waals surface area contributed by atoms with Crippen LogP contribution in [-0.2, 0) is 6.42 Å². The van der Waals surface area contributed by atoms with Crippen LogP contribution in [0.15, 0.2) is 73.1 Å². The third-order valence-electron chi connectivity index (χ3n) is 3.89. The third-order valence-corrected chi connectivity index (χ3v) is 3.89. The summed E-state index contributed by atoms with van der Waals surface area (Å²) in [7, 11) is 0. The van der Waals surface area contributed by atoms with Gasteiger partial charge in [0.2, 0.25) is 0 Å². The smallest absolute Gasteiger partial charge is 0.198 e. The van der Waals surface area contributed by atoms with Crippen molar-refractivity contribution < 1.29 is 4.79 Å². The molecule has 2 aromatic carbocycles. The molecule has 0 spiro atoms. The second-order valence-electron chi connectivity index (χ2n) is 5.88. The summed E-state index contributed by atoms with van der Waals surface area (Å²) in [5.41, 5.74) is 2.23. The lowest BCUT2D eigenvalue weighted by molar-refractivity contribution is 0.0953. The molecule has 0 amide bonds. The van der Waals surface area contributed by atoms with E-state index in [-0.39, 0.29) is 11.7 Å². The summed E-state index contributed by atoms with van der Waals surface area (Å²) in [5.74, 6) is 0.879. The molecule has 0 unspecified atom stereocenters. The van der Waals surface area contributed by atoms with E-state index in [2.05, 4.69) is 24.0 Å². The Kier molecular flexibility index (Phi) is 4.67. The van der Waals surface area contributed by atoms with Crippen LogP contribution in [0.4, 0.5) is 0 Å². The molecule has 1 aromatic heterocycles. The van der Waals surface area contributed by atoms with Crippen molar-refractivity contribution in [3.05, 3.63) is 84.4 Å². The molecular formula is C20H20N2O. The van der Waals surface area contributed by atoms with Gasteiger partial charge in [0.1, 0.15) is 0 Å². The first-order chi connectivity index (χ1) is 11.2. The molecule has 116 valence electrons. The van der Waals surface area contributed by atoms with Crippen molar-refractivity contribution in [1.82, 2.24) is 9.55 Å². The molecule has 3 rings (SSSR count). The number of hydrogen-bond donors (Lipinski definition) is 0. The van der Waals surface area contributed by atoms with Crippen LogP contribution in [0.3, 0.4) is 0 Å². The van der Waals surface area contributed by atoms with Gasteiger partial charge in [0.25, 0.3) is 0 Å². The molecule has 0 aliphatic rings. The van der Waals surface area contributed by atoms with E-state index in [0.29, 0.717) is 12.2 Å². The summed E-state index contributed by atoms with van der Waals surface area (Å²) in [5, 5.41) is 0. The first-order valence-corrected chi connectivity index (χ1v) is 7.90. The summed E-state index contributed by atoms with van der Waals surface area (Å²) in [4.78, 5) is 16.9. The topological polar surface area (TPSA) is 34.9 Å². The maximum atomic E-state index is 12.6. The lowest BCUT2D eigenvalue weighted by Gasteiger charge is -2.12. The zero-order chi connectivity index (χ0) is 16.1. The fourth-order valence-electron chi connectivity index (χ4n) is 2.80. The predicted octanol–water partition coefficient (Wildman–Crippen LogP) is 4.32. The highest BCUT2D eigenvalue weighted by Gasteiger charge is 2.17. The van der Waals surface area contributed by atoms with Crippen molar-refractivity contribution in [2.24, 2.45) is 5.92 Å². The van der Waals surface area contributed by atoms with Crippen LogP contribution in [0.2, 0.25) is 0 Å². The van der Waals surface area contributed by atoms with Crippen LogP contribution in [0.25, 0.3) is 5.69 Å². The number of rotatable bonds is 6. The SMILES string of the molecule is C[C@@H](CC(=O)c1nccn1-c1ccccc1)Cc1ccccc1. The first kappa shape index (κ1) is 15.2. The van der Waals surface area contributed by atoms with Crippen LogP contribution < -0.4 is 0 Å². The standard InChI is InChI=1S/C20H20N2O/c1-16(14-17-8-4-2-5-9-17)15-19(23)20-21-12-13-22(20)18-10-6-3-7-11-18/h2-13,16H,14-15H2,1H3/t16-/m1/s1. The number of nitrogens with zero attached hydrogens (tertiary/aromatic N) is 2. The number of ketones is 1. The summed E-state index contributed by atoms with van der Waals surface area (Å²) < 4.78 is 1.86. The zero-order valence-corrected chi connectivity index (χ0v) is 13.2.